The van der Waals surface area contributed by atoms with Crippen molar-refractivity contribution in [3.05, 3.63) is 24.3 Å². The Morgan fingerprint density at radius 1 is 0.322 bits per heavy atom. The fourth-order valence-electron chi connectivity index (χ4n) is 7.48. The van der Waals surface area contributed by atoms with Crippen LogP contribution in [0.2, 0.25) is 0 Å². The van der Waals surface area contributed by atoms with Gasteiger partial charge < -0.3 is 14.2 Å². The van der Waals surface area contributed by atoms with E-state index in [4.69, 9.17) is 14.2 Å². The molecule has 0 saturated carbocycles. The number of hydrogen-bond acceptors (Lipinski definition) is 6. The fourth-order valence-corrected chi connectivity index (χ4v) is 7.48. The van der Waals surface area contributed by atoms with Gasteiger partial charge in [-0.2, -0.15) is 0 Å². The second kappa shape index (κ2) is 48.6. The first-order valence-corrected chi connectivity index (χ1v) is 25.8. The highest BCUT2D eigenvalue weighted by molar-refractivity contribution is 5.71. The minimum Gasteiger partial charge on any atom is -0.462 e. The van der Waals surface area contributed by atoms with E-state index in [-0.39, 0.29) is 31.1 Å². The van der Waals surface area contributed by atoms with Crippen LogP contribution in [0, 0.1) is 0 Å². The molecule has 0 radical (unpaired) electrons. The minimum absolute atomic E-state index is 0.0727. The van der Waals surface area contributed by atoms with Crippen LogP contribution in [0.4, 0.5) is 0 Å². The molecule has 0 aromatic heterocycles. The summed E-state index contributed by atoms with van der Waals surface area (Å²) in [6, 6.07) is 0. The quantitative estimate of drug-likeness (QED) is 0.0263. The molecule has 0 rings (SSSR count). The summed E-state index contributed by atoms with van der Waals surface area (Å²) >= 11 is 0. The van der Waals surface area contributed by atoms with Crippen LogP contribution >= 0.6 is 0 Å². The summed E-state index contributed by atoms with van der Waals surface area (Å²) in [7, 11) is 0. The number of carbonyl (C=O) groups excluding carboxylic acids is 3. The molecule has 0 N–H and O–H groups in total. The molecule has 0 amide bonds. The summed E-state index contributed by atoms with van der Waals surface area (Å²) in [6.07, 6.45) is 54.4. The van der Waals surface area contributed by atoms with Crippen molar-refractivity contribution < 1.29 is 28.6 Å². The molecule has 1 atom stereocenters. The molecular weight excluding hydrogens is 733 g/mol. The predicted molar refractivity (Wildman–Crippen MR) is 252 cm³/mol. The normalized spacial score (nSPS) is 12.1. The average molecular weight is 831 g/mol. The van der Waals surface area contributed by atoms with Gasteiger partial charge in [0, 0.05) is 19.3 Å². The molecule has 0 aliphatic heterocycles. The van der Waals surface area contributed by atoms with Crippen LogP contribution in [-0.4, -0.2) is 37.2 Å². The number of rotatable bonds is 47. The van der Waals surface area contributed by atoms with Crippen LogP contribution in [0.25, 0.3) is 0 Å². The van der Waals surface area contributed by atoms with Crippen molar-refractivity contribution in [1.82, 2.24) is 0 Å². The van der Waals surface area contributed by atoms with E-state index < -0.39 is 6.10 Å². The highest BCUT2D eigenvalue weighted by Gasteiger charge is 2.19. The molecule has 0 unspecified atom stereocenters. The van der Waals surface area contributed by atoms with Crippen LogP contribution in [0.3, 0.4) is 0 Å². The summed E-state index contributed by atoms with van der Waals surface area (Å²) in [6.45, 7) is 6.61. The van der Waals surface area contributed by atoms with Gasteiger partial charge in [-0.1, -0.05) is 218 Å². The molecule has 0 fully saturated rings. The maximum atomic E-state index is 12.8. The summed E-state index contributed by atoms with van der Waals surface area (Å²) in [5.74, 6) is -0.875. The molecule has 346 valence electrons. The SMILES string of the molecule is CCCC/C=C\CCCCCCCC(=O)OC[C@@H](COC(=O)CCCCCCCCC/C=C\CCCCCCCC)OC(=O)CCCCCCCCCCCCCCC. The van der Waals surface area contributed by atoms with Crippen molar-refractivity contribution in [2.45, 2.75) is 284 Å². The van der Waals surface area contributed by atoms with Crippen molar-refractivity contribution >= 4 is 17.9 Å². The van der Waals surface area contributed by atoms with Gasteiger partial charge in [0.05, 0.1) is 0 Å². The summed E-state index contributed by atoms with van der Waals surface area (Å²) in [5, 5.41) is 0. The summed E-state index contributed by atoms with van der Waals surface area (Å²) < 4.78 is 16.8. The van der Waals surface area contributed by atoms with E-state index in [1.165, 1.54) is 173 Å². The molecule has 0 bridgehead atoms. The Kier molecular flexibility index (Phi) is 46.8. The van der Waals surface area contributed by atoms with Gasteiger partial charge in [0.1, 0.15) is 13.2 Å². The smallest absolute Gasteiger partial charge is 0.306 e. The number of carbonyl (C=O) groups is 3. The van der Waals surface area contributed by atoms with E-state index in [0.717, 1.165) is 64.2 Å². The first-order chi connectivity index (χ1) is 29.0. The third kappa shape index (κ3) is 46.8. The summed E-state index contributed by atoms with van der Waals surface area (Å²) in [5.41, 5.74) is 0. The first kappa shape index (κ1) is 56.9. The van der Waals surface area contributed by atoms with Crippen LogP contribution in [0.5, 0.6) is 0 Å². The van der Waals surface area contributed by atoms with Gasteiger partial charge in [0.2, 0.25) is 0 Å². The topological polar surface area (TPSA) is 78.9 Å². The minimum atomic E-state index is -0.770. The van der Waals surface area contributed by atoms with E-state index in [9.17, 15) is 14.4 Å². The standard InChI is InChI=1S/C53H98O6/c1-4-7-10-13-16-19-22-24-25-26-27-29-31-34-37-40-43-46-52(55)58-49-50(48-57-51(54)45-42-39-36-33-30-21-18-15-12-9-6-3)59-53(56)47-44-41-38-35-32-28-23-20-17-14-11-8-5-2/h15,18,24-25,50H,4-14,16-17,19-23,26-49H2,1-3H3/b18-15-,25-24-/t50-/m0/s1. The van der Waals surface area contributed by atoms with Gasteiger partial charge in [-0.15, -0.1) is 0 Å². The van der Waals surface area contributed by atoms with Crippen molar-refractivity contribution in [3.63, 3.8) is 0 Å². The lowest BCUT2D eigenvalue weighted by molar-refractivity contribution is -0.167. The second-order valence-corrected chi connectivity index (χ2v) is 17.4. The fraction of sp³-hybridized carbons (Fsp3) is 0.868. The van der Waals surface area contributed by atoms with Crippen LogP contribution in [-0.2, 0) is 28.6 Å². The monoisotopic (exact) mass is 831 g/mol. The Morgan fingerprint density at radius 3 is 0.898 bits per heavy atom. The zero-order valence-corrected chi connectivity index (χ0v) is 39.5. The Labute approximate surface area is 366 Å². The zero-order chi connectivity index (χ0) is 43.0. The second-order valence-electron chi connectivity index (χ2n) is 17.4. The number of ether oxygens (including phenoxy) is 3. The largest absolute Gasteiger partial charge is 0.462 e. The Morgan fingerprint density at radius 2 is 0.576 bits per heavy atom. The molecule has 0 aromatic rings. The molecule has 0 aromatic carbocycles. The van der Waals surface area contributed by atoms with Crippen LogP contribution < -0.4 is 0 Å². The van der Waals surface area contributed by atoms with Gasteiger partial charge in [0.25, 0.3) is 0 Å². The van der Waals surface area contributed by atoms with E-state index >= 15 is 0 Å². The maximum Gasteiger partial charge on any atom is 0.306 e. The number of esters is 3. The molecule has 6 heteroatoms. The number of allylic oxidation sites excluding steroid dienone is 4. The van der Waals surface area contributed by atoms with Crippen molar-refractivity contribution in [1.29, 1.82) is 0 Å². The predicted octanol–water partition coefficient (Wildman–Crippen LogP) is 16.8. The van der Waals surface area contributed by atoms with Gasteiger partial charge in [-0.3, -0.25) is 14.4 Å². The van der Waals surface area contributed by atoms with E-state index in [2.05, 4.69) is 45.1 Å². The highest BCUT2D eigenvalue weighted by Crippen LogP contribution is 2.15. The molecule has 0 aliphatic rings. The number of hydrogen-bond donors (Lipinski definition) is 0. The number of unbranched alkanes of at least 4 members (excludes halogenated alkanes) is 32. The Hall–Kier alpha value is -2.11. The lowest BCUT2D eigenvalue weighted by Crippen LogP contribution is -2.30. The highest BCUT2D eigenvalue weighted by atomic mass is 16.6. The zero-order valence-electron chi connectivity index (χ0n) is 39.5. The lowest BCUT2D eigenvalue weighted by atomic mass is 10.0. The van der Waals surface area contributed by atoms with Gasteiger partial charge in [-0.25, -0.2) is 0 Å². The third-order valence-corrected chi connectivity index (χ3v) is 11.4. The first-order valence-electron chi connectivity index (χ1n) is 25.8. The van der Waals surface area contributed by atoms with Crippen LogP contribution in [0.15, 0.2) is 24.3 Å². The molecule has 0 aliphatic carbocycles. The molecule has 59 heavy (non-hydrogen) atoms. The molecule has 0 spiro atoms. The average Bonchev–Trinajstić information content (AvgIpc) is 3.23. The van der Waals surface area contributed by atoms with Crippen LogP contribution in [0.1, 0.15) is 278 Å². The molecular formula is C53H98O6. The van der Waals surface area contributed by atoms with E-state index in [0.29, 0.717) is 19.3 Å². The van der Waals surface area contributed by atoms with E-state index in [1.54, 1.807) is 0 Å². The van der Waals surface area contributed by atoms with Crippen molar-refractivity contribution in [3.8, 4) is 0 Å². The Bertz CT molecular complexity index is 958. The third-order valence-electron chi connectivity index (χ3n) is 11.4. The van der Waals surface area contributed by atoms with E-state index in [1.807, 2.05) is 0 Å². The van der Waals surface area contributed by atoms with Crippen molar-refractivity contribution in [2.24, 2.45) is 0 Å². The molecule has 0 saturated heterocycles. The van der Waals surface area contributed by atoms with Crippen molar-refractivity contribution in [2.75, 3.05) is 13.2 Å². The summed E-state index contributed by atoms with van der Waals surface area (Å²) in [4.78, 5) is 37.9. The maximum absolute atomic E-state index is 12.8. The van der Waals surface area contributed by atoms with Gasteiger partial charge >= 0.3 is 17.9 Å². The lowest BCUT2D eigenvalue weighted by Gasteiger charge is -2.18. The van der Waals surface area contributed by atoms with Gasteiger partial charge in [-0.05, 0) is 64.2 Å². The van der Waals surface area contributed by atoms with Gasteiger partial charge in [0.15, 0.2) is 6.10 Å². The molecule has 6 nitrogen and oxygen atoms in total. The Balaban J connectivity index is 4.32. The molecule has 0 heterocycles.